The summed E-state index contributed by atoms with van der Waals surface area (Å²) < 4.78 is 0. The number of hydrogen-bond donors (Lipinski definition) is 1. The first-order valence-corrected chi connectivity index (χ1v) is 3.89. The zero-order valence-electron chi connectivity index (χ0n) is 7.65. The Bertz CT molecular complexity index is 373. The first kappa shape index (κ1) is 10.0. The minimum Gasteiger partial charge on any atom is -0.286 e. The molecule has 2 amide bonds. The van der Waals surface area contributed by atoms with Gasteiger partial charge in [-0.05, 0) is 13.0 Å². The first-order valence-electron chi connectivity index (χ1n) is 3.89. The molecule has 0 aliphatic heterocycles. The number of rotatable bonds is 2. The summed E-state index contributed by atoms with van der Waals surface area (Å²) in [7, 11) is 0. The molecular weight excluding hydrogens is 182 g/mol. The van der Waals surface area contributed by atoms with Crippen LogP contribution in [0.2, 0.25) is 0 Å². The van der Waals surface area contributed by atoms with Crippen LogP contribution in [0.1, 0.15) is 17.5 Å². The minimum absolute atomic E-state index is 0.0397. The molecule has 1 rings (SSSR count). The van der Waals surface area contributed by atoms with Crippen molar-refractivity contribution in [3.63, 3.8) is 0 Å². The molecule has 1 aromatic heterocycles. The quantitative estimate of drug-likeness (QED) is 0.683. The molecule has 5 nitrogen and oxygen atoms in total. The van der Waals surface area contributed by atoms with Gasteiger partial charge in [-0.2, -0.15) is 0 Å². The number of imide groups is 1. The number of hydrogen-bond acceptors (Lipinski definition) is 4. The van der Waals surface area contributed by atoms with Crippen molar-refractivity contribution in [3.05, 3.63) is 36.4 Å². The van der Waals surface area contributed by atoms with Crippen molar-refractivity contribution in [1.29, 1.82) is 0 Å². The predicted octanol–water partition coefficient (Wildman–Crippen LogP) is 0.309. The molecule has 1 heterocycles. The van der Waals surface area contributed by atoms with Crippen molar-refractivity contribution in [2.75, 3.05) is 0 Å². The van der Waals surface area contributed by atoms with E-state index in [9.17, 15) is 9.59 Å². The highest BCUT2D eigenvalue weighted by Crippen LogP contribution is 1.90. The smallest absolute Gasteiger partial charge is 0.286 e. The molecule has 0 atom stereocenters. The van der Waals surface area contributed by atoms with E-state index in [1.54, 1.807) is 6.07 Å². The van der Waals surface area contributed by atoms with Gasteiger partial charge in [-0.1, -0.05) is 6.58 Å². The Morgan fingerprint density at radius 2 is 1.93 bits per heavy atom. The molecule has 0 aromatic carbocycles. The van der Waals surface area contributed by atoms with Gasteiger partial charge in [0.25, 0.3) is 11.8 Å². The van der Waals surface area contributed by atoms with Crippen LogP contribution in [0.4, 0.5) is 0 Å². The molecule has 0 radical (unpaired) electrons. The van der Waals surface area contributed by atoms with Crippen LogP contribution in [0.25, 0.3) is 0 Å². The second-order valence-corrected chi connectivity index (χ2v) is 2.64. The van der Waals surface area contributed by atoms with E-state index in [0.29, 0.717) is 0 Å². The SMILES string of the molecule is C=C(C)C(=O)NC(=O)c1ncccn1. The highest BCUT2D eigenvalue weighted by atomic mass is 16.2. The number of amides is 2. The molecule has 72 valence electrons. The van der Waals surface area contributed by atoms with E-state index in [2.05, 4.69) is 21.9 Å². The van der Waals surface area contributed by atoms with Crippen LogP contribution in [0, 0.1) is 0 Å². The van der Waals surface area contributed by atoms with Crippen molar-refractivity contribution >= 4 is 11.8 Å². The number of nitrogens with zero attached hydrogens (tertiary/aromatic N) is 2. The molecule has 0 spiro atoms. The van der Waals surface area contributed by atoms with Gasteiger partial charge in [-0.25, -0.2) is 9.97 Å². The maximum atomic E-state index is 11.3. The van der Waals surface area contributed by atoms with Crippen molar-refractivity contribution in [1.82, 2.24) is 15.3 Å². The van der Waals surface area contributed by atoms with Gasteiger partial charge in [0, 0.05) is 18.0 Å². The Morgan fingerprint density at radius 1 is 1.36 bits per heavy atom. The summed E-state index contributed by atoms with van der Waals surface area (Å²) in [5, 5.41) is 2.09. The Labute approximate surface area is 80.9 Å². The molecule has 1 N–H and O–H groups in total. The zero-order chi connectivity index (χ0) is 10.6. The van der Waals surface area contributed by atoms with Crippen molar-refractivity contribution in [3.8, 4) is 0 Å². The fourth-order valence-corrected chi connectivity index (χ4v) is 0.682. The molecule has 14 heavy (non-hydrogen) atoms. The van der Waals surface area contributed by atoms with Gasteiger partial charge in [0.2, 0.25) is 5.82 Å². The first-order chi connectivity index (χ1) is 6.61. The summed E-state index contributed by atoms with van der Waals surface area (Å²) in [4.78, 5) is 29.7. The average molecular weight is 191 g/mol. The summed E-state index contributed by atoms with van der Waals surface area (Å²) in [6.45, 7) is 4.91. The highest BCUT2D eigenvalue weighted by Gasteiger charge is 2.12. The third kappa shape index (κ3) is 2.48. The molecule has 0 saturated carbocycles. The van der Waals surface area contributed by atoms with Gasteiger partial charge in [-0.3, -0.25) is 14.9 Å². The van der Waals surface area contributed by atoms with Gasteiger partial charge >= 0.3 is 0 Å². The van der Waals surface area contributed by atoms with Crippen LogP contribution in [-0.2, 0) is 4.79 Å². The van der Waals surface area contributed by atoms with Crippen LogP contribution in [0.3, 0.4) is 0 Å². The average Bonchev–Trinajstić information content (AvgIpc) is 2.19. The fourth-order valence-electron chi connectivity index (χ4n) is 0.682. The third-order valence-electron chi connectivity index (χ3n) is 1.38. The number of nitrogens with one attached hydrogen (secondary N) is 1. The van der Waals surface area contributed by atoms with Crippen molar-refractivity contribution < 1.29 is 9.59 Å². The number of aromatic nitrogens is 2. The summed E-state index contributed by atoms with van der Waals surface area (Å²) in [6.07, 6.45) is 2.85. The van der Waals surface area contributed by atoms with Crippen LogP contribution in [0.15, 0.2) is 30.6 Å². The summed E-state index contributed by atoms with van der Waals surface area (Å²) in [6, 6.07) is 1.58. The standard InChI is InChI=1S/C9H9N3O2/c1-6(2)8(13)12-9(14)7-10-4-3-5-11-7/h3-5H,1H2,2H3,(H,12,13,14). The Balaban J connectivity index is 2.69. The molecule has 0 bridgehead atoms. The van der Waals surface area contributed by atoms with E-state index in [1.165, 1.54) is 19.3 Å². The second-order valence-electron chi connectivity index (χ2n) is 2.64. The van der Waals surface area contributed by atoms with E-state index < -0.39 is 11.8 Å². The molecular formula is C9H9N3O2. The van der Waals surface area contributed by atoms with Gasteiger partial charge in [0.15, 0.2) is 0 Å². The number of carbonyl (C=O) groups is 2. The van der Waals surface area contributed by atoms with Crippen LogP contribution in [-0.4, -0.2) is 21.8 Å². The maximum Gasteiger partial charge on any atom is 0.295 e. The van der Waals surface area contributed by atoms with Crippen LogP contribution in [0.5, 0.6) is 0 Å². The Kier molecular flexibility index (Phi) is 3.06. The topological polar surface area (TPSA) is 72.0 Å². The van der Waals surface area contributed by atoms with Gasteiger partial charge in [-0.15, -0.1) is 0 Å². The molecule has 0 aliphatic carbocycles. The summed E-state index contributed by atoms with van der Waals surface area (Å²) in [5.74, 6) is -1.19. The Hall–Kier alpha value is -2.04. The van der Waals surface area contributed by atoms with Crippen molar-refractivity contribution in [2.24, 2.45) is 0 Å². The van der Waals surface area contributed by atoms with Crippen molar-refractivity contribution in [2.45, 2.75) is 6.92 Å². The van der Waals surface area contributed by atoms with Gasteiger partial charge < -0.3 is 0 Å². The minimum atomic E-state index is -0.626. The molecule has 1 aromatic rings. The zero-order valence-corrected chi connectivity index (χ0v) is 7.65. The lowest BCUT2D eigenvalue weighted by atomic mass is 10.3. The lowest BCUT2D eigenvalue weighted by Gasteiger charge is -2.00. The Morgan fingerprint density at radius 3 is 2.43 bits per heavy atom. The predicted molar refractivity (Wildman–Crippen MR) is 49.3 cm³/mol. The van der Waals surface area contributed by atoms with E-state index in [0.717, 1.165) is 0 Å². The lowest BCUT2D eigenvalue weighted by Crippen LogP contribution is -2.31. The highest BCUT2D eigenvalue weighted by molar-refractivity contribution is 6.08. The van der Waals surface area contributed by atoms with E-state index in [1.807, 2.05) is 0 Å². The summed E-state index contributed by atoms with van der Waals surface area (Å²) >= 11 is 0. The molecule has 0 unspecified atom stereocenters. The normalized spacial score (nSPS) is 9.21. The fraction of sp³-hybridized carbons (Fsp3) is 0.111. The third-order valence-corrected chi connectivity index (χ3v) is 1.38. The van der Waals surface area contributed by atoms with E-state index >= 15 is 0 Å². The number of carbonyl (C=O) groups excluding carboxylic acids is 2. The maximum absolute atomic E-state index is 11.3. The van der Waals surface area contributed by atoms with Gasteiger partial charge in [0.1, 0.15) is 0 Å². The van der Waals surface area contributed by atoms with Crippen LogP contribution < -0.4 is 5.32 Å². The molecule has 0 fully saturated rings. The molecule has 0 aliphatic rings. The second kappa shape index (κ2) is 4.27. The molecule has 0 saturated heterocycles. The summed E-state index contributed by atoms with van der Waals surface area (Å²) in [5.41, 5.74) is 0.259. The largest absolute Gasteiger partial charge is 0.295 e. The lowest BCUT2D eigenvalue weighted by molar-refractivity contribution is -0.116. The van der Waals surface area contributed by atoms with Gasteiger partial charge in [0.05, 0.1) is 0 Å². The van der Waals surface area contributed by atoms with Crippen LogP contribution >= 0.6 is 0 Å². The monoisotopic (exact) mass is 191 g/mol. The van der Waals surface area contributed by atoms with E-state index in [-0.39, 0.29) is 11.4 Å². The van der Waals surface area contributed by atoms with E-state index in [4.69, 9.17) is 0 Å². The molecule has 5 heteroatoms.